The summed E-state index contributed by atoms with van der Waals surface area (Å²) in [4.78, 5) is 23.1. The van der Waals surface area contributed by atoms with Crippen molar-refractivity contribution in [2.24, 2.45) is 11.5 Å². The first-order chi connectivity index (χ1) is 11.0. The molecule has 4 N–H and O–H groups in total. The van der Waals surface area contributed by atoms with Crippen molar-refractivity contribution in [3.63, 3.8) is 0 Å². The molecule has 0 aliphatic carbocycles. The van der Waals surface area contributed by atoms with E-state index in [-0.39, 0.29) is 11.7 Å². The fourth-order valence-corrected chi connectivity index (χ4v) is 2.59. The molecule has 128 valence electrons. The fraction of sp³-hybridized carbons (Fsp3) is 0.579. The Balaban J connectivity index is 2.36. The number of rotatable bonds is 12. The molecule has 1 rings (SSSR count). The van der Waals surface area contributed by atoms with Gasteiger partial charge >= 0.3 is 0 Å². The van der Waals surface area contributed by atoms with Crippen LogP contribution in [0.5, 0.6) is 0 Å². The number of nitrogens with two attached hydrogens (primary N) is 2. The lowest BCUT2D eigenvalue weighted by atomic mass is 9.97. The van der Waals surface area contributed by atoms with Crippen LogP contribution in [0.15, 0.2) is 24.3 Å². The number of carbonyl (C=O) groups is 2. The van der Waals surface area contributed by atoms with Gasteiger partial charge in [0.1, 0.15) is 0 Å². The third-order valence-electron chi connectivity index (χ3n) is 4.10. The summed E-state index contributed by atoms with van der Waals surface area (Å²) in [5.74, 6) is -0.314. The second kappa shape index (κ2) is 10.9. The molecule has 1 aromatic carbocycles. The molecule has 4 nitrogen and oxygen atoms in total. The van der Waals surface area contributed by atoms with E-state index in [9.17, 15) is 9.59 Å². The minimum atomic E-state index is -0.419. The Morgan fingerprint density at radius 3 is 2.22 bits per heavy atom. The monoisotopic (exact) mass is 318 g/mol. The second-order valence-electron chi connectivity index (χ2n) is 6.19. The van der Waals surface area contributed by atoms with Crippen LogP contribution < -0.4 is 11.5 Å². The number of ketones is 1. The first kappa shape index (κ1) is 19.4. The van der Waals surface area contributed by atoms with Gasteiger partial charge in [0.05, 0.1) is 6.04 Å². The Bertz CT molecular complexity index is 483. The van der Waals surface area contributed by atoms with Crippen LogP contribution in [0.25, 0.3) is 0 Å². The number of amides is 1. The smallest absolute Gasteiger partial charge is 0.217 e. The van der Waals surface area contributed by atoms with E-state index in [1.165, 1.54) is 25.7 Å². The van der Waals surface area contributed by atoms with Gasteiger partial charge in [-0.05, 0) is 18.4 Å². The molecule has 1 aromatic rings. The van der Waals surface area contributed by atoms with Crippen molar-refractivity contribution in [3.8, 4) is 0 Å². The summed E-state index contributed by atoms with van der Waals surface area (Å²) >= 11 is 0. The van der Waals surface area contributed by atoms with Crippen LogP contribution in [0, 0.1) is 0 Å². The summed E-state index contributed by atoms with van der Waals surface area (Å²) in [6.07, 6.45) is 8.85. The van der Waals surface area contributed by atoms with Crippen molar-refractivity contribution in [2.45, 2.75) is 70.8 Å². The molecule has 1 amide bonds. The zero-order valence-electron chi connectivity index (χ0n) is 14.2. The molecular formula is C19H30N2O2. The molecule has 0 fully saturated rings. The van der Waals surface area contributed by atoms with E-state index in [2.05, 4.69) is 6.92 Å². The van der Waals surface area contributed by atoms with Gasteiger partial charge in [0.25, 0.3) is 0 Å². The van der Waals surface area contributed by atoms with Gasteiger partial charge in [0.2, 0.25) is 5.91 Å². The van der Waals surface area contributed by atoms with Crippen molar-refractivity contribution in [2.75, 3.05) is 0 Å². The standard InChI is InChI=1S/C19H30N2O2/c1-2-3-4-5-6-7-8-17(20)19(23)16-12-9-15(10-13-16)11-14-18(21)22/h9-10,12-13,17H,2-8,11,14,20H2,1H3,(H2,21,22). The maximum absolute atomic E-state index is 12.3. The fourth-order valence-electron chi connectivity index (χ4n) is 2.59. The molecule has 0 spiro atoms. The number of Topliss-reactive ketones (excluding diaryl/α,β-unsaturated/α-hetero) is 1. The molecule has 0 saturated heterocycles. The summed E-state index contributed by atoms with van der Waals surface area (Å²) in [6.45, 7) is 2.20. The molecule has 4 heteroatoms. The highest BCUT2D eigenvalue weighted by molar-refractivity contribution is 5.99. The predicted molar refractivity (Wildman–Crippen MR) is 94.3 cm³/mol. The van der Waals surface area contributed by atoms with Crippen molar-refractivity contribution in [1.29, 1.82) is 0 Å². The minimum absolute atomic E-state index is 0.00000874. The number of hydrogen-bond donors (Lipinski definition) is 2. The topological polar surface area (TPSA) is 86.2 Å². The highest BCUT2D eigenvalue weighted by Gasteiger charge is 2.15. The molecule has 0 heterocycles. The normalized spacial score (nSPS) is 12.1. The summed E-state index contributed by atoms with van der Waals surface area (Å²) in [5, 5.41) is 0. The summed E-state index contributed by atoms with van der Waals surface area (Å²) in [6, 6.07) is 6.90. The maximum Gasteiger partial charge on any atom is 0.217 e. The van der Waals surface area contributed by atoms with Gasteiger partial charge in [-0.25, -0.2) is 0 Å². The lowest BCUT2D eigenvalue weighted by molar-refractivity contribution is -0.117. The lowest BCUT2D eigenvalue weighted by Crippen LogP contribution is -2.30. The Kier molecular flexibility index (Phi) is 9.22. The molecule has 1 unspecified atom stereocenters. The van der Waals surface area contributed by atoms with Crippen LogP contribution in [0.1, 0.15) is 74.2 Å². The highest BCUT2D eigenvalue weighted by atomic mass is 16.1. The largest absolute Gasteiger partial charge is 0.370 e. The van der Waals surface area contributed by atoms with Crippen LogP contribution >= 0.6 is 0 Å². The van der Waals surface area contributed by atoms with Crippen LogP contribution in [0.2, 0.25) is 0 Å². The third-order valence-corrected chi connectivity index (χ3v) is 4.10. The molecule has 0 aromatic heterocycles. The number of carbonyl (C=O) groups excluding carboxylic acids is 2. The zero-order chi connectivity index (χ0) is 17.1. The molecule has 1 atom stereocenters. The van der Waals surface area contributed by atoms with Crippen molar-refractivity contribution in [1.82, 2.24) is 0 Å². The molecule has 23 heavy (non-hydrogen) atoms. The number of aryl methyl sites for hydroxylation is 1. The Morgan fingerprint density at radius 2 is 1.61 bits per heavy atom. The molecule has 0 radical (unpaired) electrons. The molecule has 0 saturated carbocycles. The van der Waals surface area contributed by atoms with E-state index in [1.807, 2.05) is 12.1 Å². The summed E-state index contributed by atoms with van der Waals surface area (Å²) in [5.41, 5.74) is 12.8. The SMILES string of the molecule is CCCCCCCCC(N)C(=O)c1ccc(CCC(N)=O)cc1. The van der Waals surface area contributed by atoms with Gasteiger partial charge in [-0.3, -0.25) is 9.59 Å². The van der Waals surface area contributed by atoms with E-state index in [0.29, 0.717) is 18.4 Å². The van der Waals surface area contributed by atoms with Crippen LogP contribution in [0.4, 0.5) is 0 Å². The second-order valence-corrected chi connectivity index (χ2v) is 6.19. The average molecular weight is 318 g/mol. The van der Waals surface area contributed by atoms with E-state index in [0.717, 1.165) is 24.8 Å². The summed E-state index contributed by atoms with van der Waals surface area (Å²) < 4.78 is 0. The van der Waals surface area contributed by atoms with Gasteiger partial charge < -0.3 is 11.5 Å². The van der Waals surface area contributed by atoms with Crippen molar-refractivity contribution >= 4 is 11.7 Å². The van der Waals surface area contributed by atoms with Gasteiger partial charge in [0.15, 0.2) is 5.78 Å². The minimum Gasteiger partial charge on any atom is -0.370 e. The van der Waals surface area contributed by atoms with Crippen LogP contribution in [-0.2, 0) is 11.2 Å². The first-order valence-electron chi connectivity index (χ1n) is 8.71. The number of primary amides is 1. The van der Waals surface area contributed by atoms with Gasteiger partial charge in [-0.1, -0.05) is 69.7 Å². The van der Waals surface area contributed by atoms with Crippen molar-refractivity contribution in [3.05, 3.63) is 35.4 Å². The number of hydrogen-bond acceptors (Lipinski definition) is 3. The molecule has 0 aliphatic heterocycles. The third kappa shape index (κ3) is 7.93. The molecule has 0 bridgehead atoms. The maximum atomic E-state index is 12.3. The average Bonchev–Trinajstić information content (AvgIpc) is 2.55. The predicted octanol–water partition coefficient (Wildman–Crippen LogP) is 3.37. The number of benzene rings is 1. The van der Waals surface area contributed by atoms with Crippen LogP contribution in [-0.4, -0.2) is 17.7 Å². The summed E-state index contributed by atoms with van der Waals surface area (Å²) in [7, 11) is 0. The highest BCUT2D eigenvalue weighted by Crippen LogP contribution is 2.12. The van der Waals surface area contributed by atoms with E-state index >= 15 is 0 Å². The van der Waals surface area contributed by atoms with E-state index in [4.69, 9.17) is 11.5 Å². The first-order valence-corrected chi connectivity index (χ1v) is 8.71. The van der Waals surface area contributed by atoms with E-state index < -0.39 is 6.04 Å². The zero-order valence-corrected chi connectivity index (χ0v) is 14.2. The van der Waals surface area contributed by atoms with Gasteiger partial charge in [0, 0.05) is 12.0 Å². The number of unbranched alkanes of at least 4 members (excludes halogenated alkanes) is 5. The molecule has 0 aliphatic rings. The van der Waals surface area contributed by atoms with Gasteiger partial charge in [-0.15, -0.1) is 0 Å². The van der Waals surface area contributed by atoms with Crippen LogP contribution in [0.3, 0.4) is 0 Å². The Hall–Kier alpha value is -1.68. The molecular weight excluding hydrogens is 288 g/mol. The van der Waals surface area contributed by atoms with E-state index in [1.54, 1.807) is 12.1 Å². The Labute approximate surface area is 139 Å². The van der Waals surface area contributed by atoms with Crippen molar-refractivity contribution < 1.29 is 9.59 Å². The Morgan fingerprint density at radius 1 is 1.00 bits per heavy atom. The quantitative estimate of drug-likeness (QED) is 0.457. The van der Waals surface area contributed by atoms with Gasteiger partial charge in [-0.2, -0.15) is 0 Å². The lowest BCUT2D eigenvalue weighted by Gasteiger charge is -2.11.